The standard InChI is InChI=1S/C14H21BrN2O/c1-14(2,3)12(16)13(18)17(4)9-10-6-5-7-11(15)8-10/h5-8,12H,9,16H2,1-4H3/t12-/m0/s1. The van der Waals surface area contributed by atoms with Crippen molar-refractivity contribution in [2.45, 2.75) is 33.4 Å². The van der Waals surface area contributed by atoms with Crippen LogP contribution < -0.4 is 5.73 Å². The predicted molar refractivity (Wildman–Crippen MR) is 78.0 cm³/mol. The Labute approximate surface area is 117 Å². The summed E-state index contributed by atoms with van der Waals surface area (Å²) in [6.07, 6.45) is 0. The van der Waals surface area contributed by atoms with Gasteiger partial charge in [0, 0.05) is 18.1 Å². The van der Waals surface area contributed by atoms with E-state index >= 15 is 0 Å². The summed E-state index contributed by atoms with van der Waals surface area (Å²) >= 11 is 3.42. The summed E-state index contributed by atoms with van der Waals surface area (Å²) in [5.74, 6) is -0.0255. The number of carbonyl (C=O) groups is 1. The Morgan fingerprint density at radius 1 is 1.44 bits per heavy atom. The molecule has 0 bridgehead atoms. The van der Waals surface area contributed by atoms with E-state index in [9.17, 15) is 4.79 Å². The van der Waals surface area contributed by atoms with Gasteiger partial charge in [-0.3, -0.25) is 4.79 Å². The Bertz CT molecular complexity index is 426. The summed E-state index contributed by atoms with van der Waals surface area (Å²) in [6.45, 7) is 6.50. The smallest absolute Gasteiger partial charge is 0.240 e. The molecule has 0 heterocycles. The van der Waals surface area contributed by atoms with Gasteiger partial charge in [0.2, 0.25) is 5.91 Å². The average molecular weight is 313 g/mol. The average Bonchev–Trinajstić information content (AvgIpc) is 2.25. The third-order valence-electron chi connectivity index (χ3n) is 2.88. The Kier molecular flexibility index (Phi) is 4.93. The topological polar surface area (TPSA) is 46.3 Å². The van der Waals surface area contributed by atoms with Gasteiger partial charge < -0.3 is 10.6 Å². The van der Waals surface area contributed by atoms with Crippen LogP contribution in [-0.2, 0) is 11.3 Å². The first-order valence-corrected chi connectivity index (χ1v) is 6.76. The molecule has 0 saturated carbocycles. The van der Waals surface area contributed by atoms with Crippen LogP contribution in [0.15, 0.2) is 28.7 Å². The number of amides is 1. The Balaban J connectivity index is 2.71. The minimum Gasteiger partial charge on any atom is -0.340 e. The van der Waals surface area contributed by atoms with E-state index in [0.29, 0.717) is 6.54 Å². The van der Waals surface area contributed by atoms with Crippen molar-refractivity contribution in [1.82, 2.24) is 4.90 Å². The second-order valence-corrected chi connectivity index (χ2v) is 6.58. The first-order chi connectivity index (χ1) is 8.21. The van der Waals surface area contributed by atoms with E-state index < -0.39 is 6.04 Å². The van der Waals surface area contributed by atoms with Gasteiger partial charge in [0.15, 0.2) is 0 Å². The molecular weight excluding hydrogens is 292 g/mol. The van der Waals surface area contributed by atoms with Crippen molar-refractivity contribution in [3.8, 4) is 0 Å². The molecule has 1 atom stereocenters. The highest BCUT2D eigenvalue weighted by molar-refractivity contribution is 9.10. The lowest BCUT2D eigenvalue weighted by molar-refractivity contribution is -0.134. The first-order valence-electron chi connectivity index (χ1n) is 5.97. The molecule has 1 aromatic rings. The van der Waals surface area contributed by atoms with Crippen LogP contribution in [0.1, 0.15) is 26.3 Å². The summed E-state index contributed by atoms with van der Waals surface area (Å²) in [5.41, 5.74) is 6.84. The van der Waals surface area contributed by atoms with E-state index in [-0.39, 0.29) is 11.3 Å². The van der Waals surface area contributed by atoms with Crippen molar-refractivity contribution >= 4 is 21.8 Å². The maximum Gasteiger partial charge on any atom is 0.240 e. The molecule has 1 aromatic carbocycles. The van der Waals surface area contributed by atoms with E-state index in [1.165, 1.54) is 0 Å². The van der Waals surface area contributed by atoms with Crippen LogP contribution >= 0.6 is 15.9 Å². The Morgan fingerprint density at radius 2 is 2.06 bits per heavy atom. The van der Waals surface area contributed by atoms with Gasteiger partial charge in [0.1, 0.15) is 0 Å². The van der Waals surface area contributed by atoms with E-state index in [1.807, 2.05) is 45.0 Å². The summed E-state index contributed by atoms with van der Waals surface area (Å²) in [7, 11) is 1.79. The second-order valence-electron chi connectivity index (χ2n) is 5.67. The van der Waals surface area contributed by atoms with Crippen molar-refractivity contribution in [2.75, 3.05) is 7.05 Å². The van der Waals surface area contributed by atoms with Crippen molar-refractivity contribution in [2.24, 2.45) is 11.1 Å². The molecule has 0 spiro atoms. The Hall–Kier alpha value is -0.870. The highest BCUT2D eigenvalue weighted by Gasteiger charge is 2.29. The van der Waals surface area contributed by atoms with Gasteiger partial charge in [-0.25, -0.2) is 0 Å². The molecule has 0 aliphatic rings. The zero-order chi connectivity index (χ0) is 13.9. The van der Waals surface area contributed by atoms with Crippen LogP contribution in [0.3, 0.4) is 0 Å². The normalized spacial score (nSPS) is 13.2. The van der Waals surface area contributed by atoms with E-state index in [2.05, 4.69) is 15.9 Å². The van der Waals surface area contributed by atoms with Crippen LogP contribution in [0, 0.1) is 5.41 Å². The molecule has 0 aromatic heterocycles. The van der Waals surface area contributed by atoms with Gasteiger partial charge in [0.05, 0.1) is 6.04 Å². The van der Waals surface area contributed by atoms with Crippen LogP contribution in [0.25, 0.3) is 0 Å². The Morgan fingerprint density at radius 3 is 2.56 bits per heavy atom. The fourth-order valence-electron chi connectivity index (χ4n) is 1.59. The van der Waals surface area contributed by atoms with Gasteiger partial charge >= 0.3 is 0 Å². The molecule has 0 aliphatic heterocycles. The van der Waals surface area contributed by atoms with Crippen molar-refractivity contribution in [1.29, 1.82) is 0 Å². The number of likely N-dealkylation sites (N-methyl/N-ethyl adjacent to an activating group) is 1. The number of rotatable bonds is 3. The molecular formula is C14H21BrN2O. The largest absolute Gasteiger partial charge is 0.340 e. The molecule has 2 N–H and O–H groups in total. The highest BCUT2D eigenvalue weighted by Crippen LogP contribution is 2.20. The molecule has 18 heavy (non-hydrogen) atoms. The number of carbonyl (C=O) groups excluding carboxylic acids is 1. The summed E-state index contributed by atoms with van der Waals surface area (Å²) in [5, 5.41) is 0. The highest BCUT2D eigenvalue weighted by atomic mass is 79.9. The number of hydrogen-bond acceptors (Lipinski definition) is 2. The molecule has 100 valence electrons. The number of halogens is 1. The summed E-state index contributed by atoms with van der Waals surface area (Å²) < 4.78 is 1.01. The van der Waals surface area contributed by atoms with Gasteiger partial charge in [-0.05, 0) is 23.1 Å². The third-order valence-corrected chi connectivity index (χ3v) is 3.38. The lowest BCUT2D eigenvalue weighted by Gasteiger charge is -2.30. The number of nitrogens with two attached hydrogens (primary N) is 1. The van der Waals surface area contributed by atoms with Crippen LogP contribution in [0.5, 0.6) is 0 Å². The number of nitrogens with zero attached hydrogens (tertiary/aromatic N) is 1. The maximum absolute atomic E-state index is 12.2. The van der Waals surface area contributed by atoms with Crippen molar-refractivity contribution < 1.29 is 4.79 Å². The first kappa shape index (κ1) is 15.2. The molecule has 3 nitrogen and oxygen atoms in total. The minimum absolute atomic E-state index is 0.0255. The molecule has 0 unspecified atom stereocenters. The zero-order valence-corrected chi connectivity index (χ0v) is 13.0. The number of benzene rings is 1. The summed E-state index contributed by atoms with van der Waals surface area (Å²) in [4.78, 5) is 13.8. The van der Waals surface area contributed by atoms with Gasteiger partial charge in [0.25, 0.3) is 0 Å². The second kappa shape index (κ2) is 5.85. The van der Waals surface area contributed by atoms with Gasteiger partial charge in [-0.1, -0.05) is 48.8 Å². The van der Waals surface area contributed by atoms with E-state index in [0.717, 1.165) is 10.0 Å². The monoisotopic (exact) mass is 312 g/mol. The van der Waals surface area contributed by atoms with Gasteiger partial charge in [-0.15, -0.1) is 0 Å². The van der Waals surface area contributed by atoms with Crippen molar-refractivity contribution in [3.05, 3.63) is 34.3 Å². The lowest BCUT2D eigenvalue weighted by Crippen LogP contribution is -2.48. The zero-order valence-electron chi connectivity index (χ0n) is 11.4. The van der Waals surface area contributed by atoms with E-state index in [1.54, 1.807) is 11.9 Å². The van der Waals surface area contributed by atoms with Crippen LogP contribution in [-0.4, -0.2) is 23.9 Å². The van der Waals surface area contributed by atoms with Crippen LogP contribution in [0.2, 0.25) is 0 Å². The molecule has 0 aliphatic carbocycles. The molecule has 1 amide bonds. The van der Waals surface area contributed by atoms with Crippen LogP contribution in [0.4, 0.5) is 0 Å². The predicted octanol–water partition coefficient (Wildman–Crippen LogP) is 2.78. The fourth-order valence-corrected chi connectivity index (χ4v) is 2.04. The lowest BCUT2D eigenvalue weighted by atomic mass is 9.86. The molecule has 1 rings (SSSR count). The SMILES string of the molecule is CN(Cc1cccc(Br)c1)C(=O)[C@H](N)C(C)(C)C. The van der Waals surface area contributed by atoms with Crippen molar-refractivity contribution in [3.63, 3.8) is 0 Å². The molecule has 4 heteroatoms. The molecule has 0 saturated heterocycles. The quantitative estimate of drug-likeness (QED) is 0.933. The number of hydrogen-bond donors (Lipinski definition) is 1. The fraction of sp³-hybridized carbons (Fsp3) is 0.500. The maximum atomic E-state index is 12.2. The molecule has 0 fully saturated rings. The van der Waals surface area contributed by atoms with E-state index in [4.69, 9.17) is 5.73 Å². The van der Waals surface area contributed by atoms with Gasteiger partial charge in [-0.2, -0.15) is 0 Å². The molecule has 0 radical (unpaired) electrons. The summed E-state index contributed by atoms with van der Waals surface area (Å²) in [6, 6.07) is 7.45. The third kappa shape index (κ3) is 4.10. The minimum atomic E-state index is -0.477.